The summed E-state index contributed by atoms with van der Waals surface area (Å²) in [6.45, 7) is 7.74. The molecule has 3 atom stereocenters. The van der Waals surface area contributed by atoms with Crippen molar-refractivity contribution in [1.29, 1.82) is 0 Å². The minimum absolute atomic E-state index is 0.0924. The van der Waals surface area contributed by atoms with Gasteiger partial charge in [-0.15, -0.1) is 0 Å². The second kappa shape index (κ2) is 11.4. The van der Waals surface area contributed by atoms with E-state index in [-0.39, 0.29) is 23.2 Å². The minimum atomic E-state index is -0.454. The number of rotatable bonds is 9. The Bertz CT molecular complexity index is 1590. The number of esters is 1. The Labute approximate surface area is 236 Å². The van der Waals surface area contributed by atoms with Crippen LogP contribution in [0.25, 0.3) is 11.0 Å². The molecule has 4 aromatic rings. The summed E-state index contributed by atoms with van der Waals surface area (Å²) in [5.41, 5.74) is 3.77. The van der Waals surface area contributed by atoms with Gasteiger partial charge in [-0.3, -0.25) is 9.59 Å². The van der Waals surface area contributed by atoms with E-state index in [4.69, 9.17) is 25.5 Å². The second-order valence-corrected chi connectivity index (χ2v) is 11.2. The molecule has 0 bridgehead atoms. The normalized spacial score (nSPS) is 17.2. The zero-order valence-electron chi connectivity index (χ0n) is 22.3. The standard InChI is InChI=1S/C31H30ClNO5S/c1-5-36-31(35)23-15-22(23)28-18(3)27(34)24-14-17(2)13-21(29(24)38-28)19(4)37-25-11-12-26(32)33-30(25)39-16-20-9-7-6-8-10-20/h6-14,19,22-23H,5,15-16H2,1-4H3/t19-,22?,23?/m1/s1. The van der Waals surface area contributed by atoms with Gasteiger partial charge in [0.1, 0.15) is 27.6 Å². The van der Waals surface area contributed by atoms with Gasteiger partial charge in [0, 0.05) is 22.8 Å². The first kappa shape index (κ1) is 27.3. The highest BCUT2D eigenvalue weighted by Crippen LogP contribution is 2.49. The molecule has 0 saturated heterocycles. The zero-order valence-corrected chi connectivity index (χ0v) is 23.9. The van der Waals surface area contributed by atoms with Crippen LogP contribution in [0.5, 0.6) is 5.75 Å². The van der Waals surface area contributed by atoms with Crippen LogP contribution in [0.15, 0.2) is 68.8 Å². The molecule has 0 spiro atoms. The Morgan fingerprint density at radius 3 is 2.69 bits per heavy atom. The van der Waals surface area contributed by atoms with Crippen LogP contribution in [0.4, 0.5) is 0 Å². The maximum atomic E-state index is 13.4. The number of aryl methyl sites for hydroxylation is 1. The third-order valence-corrected chi connectivity index (χ3v) is 8.15. The van der Waals surface area contributed by atoms with Gasteiger partial charge in [0.25, 0.3) is 0 Å². The SMILES string of the molecule is CCOC(=O)C1CC1c1oc2c([C@@H](C)Oc3ccc(Cl)nc3SCc3ccccc3)cc(C)cc2c(=O)c1C. The molecule has 202 valence electrons. The van der Waals surface area contributed by atoms with E-state index in [1.54, 1.807) is 31.7 Å². The number of carbonyl (C=O) groups is 1. The van der Waals surface area contributed by atoms with Crippen molar-refractivity contribution in [3.8, 4) is 5.75 Å². The highest BCUT2D eigenvalue weighted by molar-refractivity contribution is 7.98. The number of halogens is 1. The van der Waals surface area contributed by atoms with Crippen LogP contribution in [0, 0.1) is 19.8 Å². The lowest BCUT2D eigenvalue weighted by molar-refractivity contribution is -0.144. The summed E-state index contributed by atoms with van der Waals surface area (Å²) in [5, 5.41) is 1.57. The maximum Gasteiger partial charge on any atom is 0.309 e. The first-order valence-electron chi connectivity index (χ1n) is 13.0. The van der Waals surface area contributed by atoms with Crippen LogP contribution in [0.1, 0.15) is 60.3 Å². The molecule has 2 heterocycles. The number of benzene rings is 2. The van der Waals surface area contributed by atoms with E-state index in [0.717, 1.165) is 11.1 Å². The largest absolute Gasteiger partial charge is 0.483 e. The Kier molecular flexibility index (Phi) is 8.01. The molecule has 1 fully saturated rings. The maximum absolute atomic E-state index is 13.4. The van der Waals surface area contributed by atoms with E-state index in [1.807, 2.05) is 50.2 Å². The van der Waals surface area contributed by atoms with Crippen LogP contribution >= 0.6 is 23.4 Å². The fraction of sp³-hybridized carbons (Fsp3) is 0.323. The molecule has 0 amide bonds. The number of thioether (sulfide) groups is 1. The van der Waals surface area contributed by atoms with Crippen molar-refractivity contribution in [2.75, 3.05) is 6.61 Å². The van der Waals surface area contributed by atoms with E-state index in [0.29, 0.717) is 57.0 Å². The molecule has 5 rings (SSSR count). The van der Waals surface area contributed by atoms with E-state index in [1.165, 1.54) is 5.56 Å². The lowest BCUT2D eigenvalue weighted by atomic mass is 10.0. The van der Waals surface area contributed by atoms with Gasteiger partial charge < -0.3 is 13.9 Å². The summed E-state index contributed by atoms with van der Waals surface area (Å²) < 4.78 is 18.1. The molecule has 1 aliphatic carbocycles. The minimum Gasteiger partial charge on any atom is -0.483 e. The van der Waals surface area contributed by atoms with Gasteiger partial charge in [-0.1, -0.05) is 53.7 Å². The Hall–Kier alpha value is -3.29. The monoisotopic (exact) mass is 563 g/mol. The predicted molar refractivity (Wildman–Crippen MR) is 154 cm³/mol. The van der Waals surface area contributed by atoms with Crippen LogP contribution < -0.4 is 10.2 Å². The first-order valence-corrected chi connectivity index (χ1v) is 14.4. The summed E-state index contributed by atoms with van der Waals surface area (Å²) in [7, 11) is 0. The van der Waals surface area contributed by atoms with Gasteiger partial charge in [0.05, 0.1) is 17.9 Å². The molecule has 2 aromatic heterocycles. The van der Waals surface area contributed by atoms with E-state index in [9.17, 15) is 9.59 Å². The van der Waals surface area contributed by atoms with Crippen molar-refractivity contribution in [3.05, 3.63) is 98.0 Å². The van der Waals surface area contributed by atoms with Gasteiger partial charge in [-0.05, 0) is 69.5 Å². The van der Waals surface area contributed by atoms with Crippen molar-refractivity contribution < 1.29 is 18.7 Å². The number of hydrogen-bond donors (Lipinski definition) is 0. The summed E-state index contributed by atoms with van der Waals surface area (Å²) in [6, 6.07) is 17.5. The number of fused-ring (bicyclic) bond motifs is 1. The van der Waals surface area contributed by atoms with Crippen LogP contribution in [0.3, 0.4) is 0 Å². The number of carbonyl (C=O) groups excluding carboxylic acids is 1. The van der Waals surface area contributed by atoms with Gasteiger partial charge in [0.2, 0.25) is 0 Å². The topological polar surface area (TPSA) is 78.6 Å². The molecule has 2 unspecified atom stereocenters. The Morgan fingerprint density at radius 1 is 1.18 bits per heavy atom. The van der Waals surface area contributed by atoms with Gasteiger partial charge >= 0.3 is 5.97 Å². The summed E-state index contributed by atoms with van der Waals surface area (Å²) in [4.78, 5) is 30.2. The highest BCUT2D eigenvalue weighted by Gasteiger charge is 2.48. The molecule has 39 heavy (non-hydrogen) atoms. The lowest BCUT2D eigenvalue weighted by Gasteiger charge is -2.19. The first-order chi connectivity index (χ1) is 18.8. The zero-order chi connectivity index (χ0) is 27.7. The fourth-order valence-electron chi connectivity index (χ4n) is 4.81. The van der Waals surface area contributed by atoms with Crippen molar-refractivity contribution in [2.24, 2.45) is 5.92 Å². The third-order valence-electron chi connectivity index (χ3n) is 6.90. The molecule has 8 heteroatoms. The van der Waals surface area contributed by atoms with Crippen LogP contribution in [-0.2, 0) is 15.3 Å². The molecule has 0 aliphatic heterocycles. The smallest absolute Gasteiger partial charge is 0.309 e. The molecule has 2 aromatic carbocycles. The van der Waals surface area contributed by atoms with Gasteiger partial charge in [-0.2, -0.15) is 0 Å². The average molecular weight is 564 g/mol. The lowest BCUT2D eigenvalue weighted by Crippen LogP contribution is -2.14. The summed E-state index contributed by atoms with van der Waals surface area (Å²) in [6.07, 6.45) is 0.157. The summed E-state index contributed by atoms with van der Waals surface area (Å²) in [5.74, 6) is 1.18. The van der Waals surface area contributed by atoms with E-state index >= 15 is 0 Å². The fourth-order valence-corrected chi connectivity index (χ4v) is 5.93. The molecule has 0 radical (unpaired) electrons. The van der Waals surface area contributed by atoms with Crippen molar-refractivity contribution in [3.63, 3.8) is 0 Å². The van der Waals surface area contributed by atoms with Gasteiger partial charge in [0.15, 0.2) is 11.2 Å². The molecule has 1 aliphatic rings. The number of hydrogen-bond acceptors (Lipinski definition) is 7. The summed E-state index contributed by atoms with van der Waals surface area (Å²) >= 11 is 7.77. The molecule has 1 saturated carbocycles. The Morgan fingerprint density at radius 2 is 1.95 bits per heavy atom. The molecular formula is C31H30ClNO5S. The molecular weight excluding hydrogens is 534 g/mol. The van der Waals surface area contributed by atoms with Crippen molar-refractivity contribution in [2.45, 2.75) is 56.9 Å². The molecule has 6 nitrogen and oxygen atoms in total. The third kappa shape index (κ3) is 5.85. The quantitative estimate of drug-likeness (QED) is 0.118. The Balaban J connectivity index is 1.48. The predicted octanol–water partition coefficient (Wildman–Crippen LogP) is 7.56. The number of nitrogens with zero attached hydrogens (tertiary/aromatic N) is 1. The highest BCUT2D eigenvalue weighted by atomic mass is 35.5. The van der Waals surface area contributed by atoms with Crippen LogP contribution in [0.2, 0.25) is 5.15 Å². The number of aromatic nitrogens is 1. The number of pyridine rings is 1. The molecule has 0 N–H and O–H groups in total. The van der Waals surface area contributed by atoms with Gasteiger partial charge in [-0.25, -0.2) is 4.98 Å². The van der Waals surface area contributed by atoms with E-state index < -0.39 is 6.10 Å². The van der Waals surface area contributed by atoms with Crippen molar-refractivity contribution >= 4 is 40.3 Å². The average Bonchev–Trinajstić information content (AvgIpc) is 3.72. The van der Waals surface area contributed by atoms with E-state index in [2.05, 4.69) is 17.1 Å². The number of ether oxygens (including phenoxy) is 2. The van der Waals surface area contributed by atoms with Crippen molar-refractivity contribution in [1.82, 2.24) is 4.98 Å². The second-order valence-electron chi connectivity index (χ2n) is 9.82. The van der Waals surface area contributed by atoms with Crippen LogP contribution in [-0.4, -0.2) is 17.6 Å².